The Labute approximate surface area is 178 Å². The lowest BCUT2D eigenvalue weighted by Crippen LogP contribution is -2.41. The summed E-state index contributed by atoms with van der Waals surface area (Å²) in [6, 6.07) is 18.8. The van der Waals surface area contributed by atoms with Gasteiger partial charge in [-0.1, -0.05) is 67.8 Å². The maximum atomic E-state index is 8.45. The lowest BCUT2D eigenvalue weighted by atomic mass is 9.63. The van der Waals surface area contributed by atoms with Crippen molar-refractivity contribution in [3.05, 3.63) is 89.0 Å². The third-order valence-corrected chi connectivity index (χ3v) is 7.09. The molecule has 2 aliphatic rings. The first kappa shape index (κ1) is 15.3. The summed E-state index contributed by atoms with van der Waals surface area (Å²) in [5.74, 6) is 0.823. The van der Waals surface area contributed by atoms with E-state index in [0.717, 1.165) is 35.5 Å². The number of aromatic nitrogens is 2. The van der Waals surface area contributed by atoms with Crippen LogP contribution in [0.25, 0.3) is 11.9 Å². The van der Waals surface area contributed by atoms with Crippen LogP contribution in [0.2, 0.25) is 0 Å². The summed E-state index contributed by atoms with van der Waals surface area (Å²) in [4.78, 5) is 0. The Balaban J connectivity index is 1.85. The Morgan fingerprint density at radius 2 is 1.69 bits per heavy atom. The Morgan fingerprint density at radius 3 is 2.41 bits per heavy atom. The predicted molar refractivity (Wildman–Crippen MR) is 119 cm³/mol. The molecular weight excluding hydrogens is 352 g/mol. The number of rotatable bonds is 3. The molecule has 0 amide bonds. The van der Waals surface area contributed by atoms with Crippen LogP contribution in [0.3, 0.4) is 0 Å². The Bertz CT molecular complexity index is 1170. The second kappa shape index (κ2) is 7.02. The summed E-state index contributed by atoms with van der Waals surface area (Å²) >= 11 is 0. The highest BCUT2D eigenvalue weighted by atomic mass is 15.2. The molecule has 0 spiro atoms. The smallest absolute Gasteiger partial charge is 0.202 e. The molecular formula is C27H31N2+. The molecule has 0 radical (unpaired) electrons. The molecule has 2 aromatic carbocycles. The van der Waals surface area contributed by atoms with E-state index in [-0.39, 0.29) is 5.41 Å². The van der Waals surface area contributed by atoms with Crippen molar-refractivity contribution in [2.45, 2.75) is 58.2 Å². The van der Waals surface area contributed by atoms with Crippen LogP contribution >= 0.6 is 0 Å². The van der Waals surface area contributed by atoms with Gasteiger partial charge in [-0.15, -0.1) is 0 Å². The van der Waals surface area contributed by atoms with Gasteiger partial charge in [0.2, 0.25) is 0 Å². The Kier molecular flexibility index (Phi) is 3.69. The van der Waals surface area contributed by atoms with Crippen molar-refractivity contribution in [3.8, 4) is 5.69 Å². The average Bonchev–Trinajstić information content (AvgIpc) is 3.32. The molecule has 1 saturated carbocycles. The zero-order valence-electron chi connectivity index (χ0n) is 20.4. The monoisotopic (exact) mass is 386 g/mol. The van der Waals surface area contributed by atoms with E-state index in [1.807, 2.05) is 33.5 Å². The quantitative estimate of drug-likeness (QED) is 0.485. The van der Waals surface area contributed by atoms with E-state index in [1.165, 1.54) is 24.8 Å². The molecule has 1 atom stereocenters. The molecule has 0 bridgehead atoms. The average molecular weight is 387 g/mol. The van der Waals surface area contributed by atoms with Crippen LogP contribution in [-0.2, 0) is 5.41 Å². The van der Waals surface area contributed by atoms with Gasteiger partial charge in [-0.25, -0.2) is 4.57 Å². The molecule has 1 fully saturated rings. The fourth-order valence-corrected chi connectivity index (χ4v) is 5.75. The van der Waals surface area contributed by atoms with Gasteiger partial charge in [0.25, 0.3) is 5.82 Å². The van der Waals surface area contributed by atoms with Gasteiger partial charge in [-0.05, 0) is 49.0 Å². The van der Waals surface area contributed by atoms with Gasteiger partial charge >= 0.3 is 0 Å². The number of benzene rings is 2. The number of nitrogens with zero attached hydrogens (tertiary/aromatic N) is 2. The fraction of sp³-hybridized carbons (Fsp3) is 0.370. The van der Waals surface area contributed by atoms with Crippen LogP contribution in [0.15, 0.2) is 60.7 Å². The summed E-state index contributed by atoms with van der Waals surface area (Å²) in [6.07, 6.45) is 10.4. The molecule has 29 heavy (non-hydrogen) atoms. The van der Waals surface area contributed by atoms with Crippen LogP contribution in [0, 0.1) is 26.6 Å². The summed E-state index contributed by atoms with van der Waals surface area (Å²) in [7, 11) is 0. The molecule has 1 aromatic heterocycles. The molecule has 1 aliphatic heterocycles. The van der Waals surface area contributed by atoms with Crippen molar-refractivity contribution >= 4 is 6.20 Å². The third kappa shape index (κ3) is 2.65. The van der Waals surface area contributed by atoms with Gasteiger partial charge in [-0.3, -0.25) is 0 Å². The van der Waals surface area contributed by atoms with Crippen molar-refractivity contribution in [3.63, 3.8) is 0 Å². The second-order valence-electron chi connectivity index (χ2n) is 8.64. The number of imidazole rings is 1. The maximum Gasteiger partial charge on any atom is 0.263 e. The fourth-order valence-electron chi connectivity index (χ4n) is 5.75. The van der Waals surface area contributed by atoms with E-state index < -0.39 is 6.85 Å². The van der Waals surface area contributed by atoms with Gasteiger partial charge in [0.1, 0.15) is 5.69 Å². The van der Waals surface area contributed by atoms with Crippen molar-refractivity contribution < 1.29 is 8.68 Å². The van der Waals surface area contributed by atoms with Crippen molar-refractivity contribution in [2.24, 2.45) is 5.92 Å². The van der Waals surface area contributed by atoms with Gasteiger partial charge < -0.3 is 0 Å². The second-order valence-corrected chi connectivity index (χ2v) is 8.64. The first-order valence-corrected chi connectivity index (χ1v) is 10.8. The molecule has 2 heteroatoms. The lowest BCUT2D eigenvalue weighted by Gasteiger charge is -2.37. The number of para-hydroxylation sites is 1. The van der Waals surface area contributed by atoms with Crippen LogP contribution in [-0.4, -0.2) is 4.57 Å². The molecule has 1 unspecified atom stereocenters. The van der Waals surface area contributed by atoms with E-state index in [0.29, 0.717) is 11.7 Å². The largest absolute Gasteiger partial charge is 0.263 e. The van der Waals surface area contributed by atoms with Gasteiger partial charge in [0.15, 0.2) is 11.4 Å². The van der Waals surface area contributed by atoms with Gasteiger partial charge in [-0.2, -0.15) is 4.57 Å². The van der Waals surface area contributed by atoms with Crippen molar-refractivity contribution in [1.82, 2.24) is 4.57 Å². The van der Waals surface area contributed by atoms with E-state index in [9.17, 15) is 0 Å². The first-order chi connectivity index (χ1) is 15.4. The molecule has 2 heterocycles. The standard InChI is InChI=1S/C27H31N2/c1-20-12-10-11-17-25(20)29-21(2)26-27(18-19-28(26)22(29)3,23-13-6-4-7-14-23)24-15-8-5-9-16-24/h4,6-7,10-14,17-19,24H,5,8-9,15-16H2,1-3H3/q+1/i3D3. The van der Waals surface area contributed by atoms with Gasteiger partial charge in [0, 0.05) is 17.9 Å². The molecule has 0 N–H and O–H groups in total. The summed E-state index contributed by atoms with van der Waals surface area (Å²) in [6.45, 7) is 1.91. The minimum atomic E-state index is -2.24. The minimum Gasteiger partial charge on any atom is -0.202 e. The highest BCUT2D eigenvalue weighted by Crippen LogP contribution is 2.49. The lowest BCUT2D eigenvalue weighted by molar-refractivity contribution is -0.581. The van der Waals surface area contributed by atoms with E-state index >= 15 is 0 Å². The molecule has 148 valence electrons. The van der Waals surface area contributed by atoms with Crippen LogP contribution < -0.4 is 4.57 Å². The first-order valence-electron chi connectivity index (χ1n) is 12.3. The molecule has 0 saturated heterocycles. The molecule has 2 nitrogen and oxygen atoms in total. The van der Waals surface area contributed by atoms with Crippen LogP contribution in [0.4, 0.5) is 0 Å². The topological polar surface area (TPSA) is 8.81 Å². The number of fused-ring (bicyclic) bond motifs is 1. The number of hydrogen-bond donors (Lipinski definition) is 0. The molecule has 1 aliphatic carbocycles. The zero-order chi connectivity index (χ0) is 22.5. The van der Waals surface area contributed by atoms with Crippen LogP contribution in [0.5, 0.6) is 0 Å². The third-order valence-electron chi connectivity index (χ3n) is 7.09. The van der Waals surface area contributed by atoms with E-state index in [2.05, 4.69) is 56.3 Å². The summed E-state index contributed by atoms with van der Waals surface area (Å²) in [5.41, 5.74) is 5.10. The summed E-state index contributed by atoms with van der Waals surface area (Å²) in [5, 5.41) is 0. The van der Waals surface area contributed by atoms with Crippen molar-refractivity contribution in [2.75, 3.05) is 0 Å². The number of hydrogen-bond acceptors (Lipinski definition) is 0. The minimum absolute atomic E-state index is 0.306. The highest BCUT2D eigenvalue weighted by Gasteiger charge is 2.51. The normalized spacial score (nSPS) is 23.4. The molecule has 5 rings (SSSR count). The van der Waals surface area contributed by atoms with E-state index in [1.54, 1.807) is 0 Å². The Morgan fingerprint density at radius 1 is 0.966 bits per heavy atom. The molecule has 3 aromatic rings. The van der Waals surface area contributed by atoms with E-state index in [4.69, 9.17) is 4.11 Å². The van der Waals surface area contributed by atoms with Gasteiger partial charge in [0.05, 0.1) is 11.6 Å². The van der Waals surface area contributed by atoms with Crippen LogP contribution in [0.1, 0.15) is 64.6 Å². The zero-order valence-corrected chi connectivity index (χ0v) is 17.4. The highest BCUT2D eigenvalue weighted by molar-refractivity contribution is 5.52. The number of allylic oxidation sites excluding steroid dienone is 1. The maximum absolute atomic E-state index is 8.45. The predicted octanol–water partition coefficient (Wildman–Crippen LogP) is 6.04. The Hall–Kier alpha value is -2.61. The number of aryl methyl sites for hydroxylation is 1. The SMILES string of the molecule is [2H]C([2H])([2H])c1n(-c2ccccc2C)c(C)c2[n+]1C=CC2(c1ccccc1)C1CCCCC1. The van der Waals surface area contributed by atoms with Crippen molar-refractivity contribution in [1.29, 1.82) is 0 Å². The summed E-state index contributed by atoms with van der Waals surface area (Å²) < 4.78 is 29.3.